The van der Waals surface area contributed by atoms with Gasteiger partial charge in [0.05, 0.1) is 28.3 Å². The van der Waals surface area contributed by atoms with Gasteiger partial charge in [-0.15, -0.1) is 0 Å². The first-order valence-electron chi connectivity index (χ1n) is 8.50. The highest BCUT2D eigenvalue weighted by atomic mass is 35.5. The number of amidine groups is 1. The predicted molar refractivity (Wildman–Crippen MR) is 116 cm³/mol. The van der Waals surface area contributed by atoms with Gasteiger partial charge in [0.2, 0.25) is 0 Å². The van der Waals surface area contributed by atoms with Crippen molar-refractivity contribution in [1.29, 1.82) is 0 Å². The van der Waals surface area contributed by atoms with E-state index in [1.165, 1.54) is 35.9 Å². The Morgan fingerprint density at radius 1 is 1.31 bits per heavy atom. The smallest absolute Gasteiger partial charge is 0.335 e. The van der Waals surface area contributed by atoms with Crippen molar-refractivity contribution in [2.75, 3.05) is 13.7 Å². The van der Waals surface area contributed by atoms with E-state index in [0.29, 0.717) is 43.7 Å². The number of hydrogen-bond donors (Lipinski definition) is 1. The summed E-state index contributed by atoms with van der Waals surface area (Å²) in [5.41, 5.74) is 1.15. The van der Waals surface area contributed by atoms with Crippen molar-refractivity contribution in [1.82, 2.24) is 4.90 Å². The molecule has 1 aliphatic heterocycles. The summed E-state index contributed by atoms with van der Waals surface area (Å²) in [5.74, 6) is -0.844. The van der Waals surface area contributed by atoms with Gasteiger partial charge in [0.15, 0.2) is 5.17 Å². The summed E-state index contributed by atoms with van der Waals surface area (Å²) >= 11 is 13.5. The SMILES string of the molecule is CCN1C(=O)/C(=C/c2cc(Cl)cc(Cl)c2OC)SC1=Nc1cccc(C(=O)O)c1. The molecule has 0 radical (unpaired) electrons. The number of ether oxygens (including phenoxy) is 1. The van der Waals surface area contributed by atoms with Crippen LogP contribution in [-0.4, -0.2) is 40.7 Å². The number of carbonyl (C=O) groups is 2. The predicted octanol–water partition coefficient (Wildman–Crippen LogP) is 5.32. The monoisotopic (exact) mass is 450 g/mol. The Balaban J connectivity index is 2.01. The van der Waals surface area contributed by atoms with Crippen LogP contribution in [0.4, 0.5) is 5.69 Å². The van der Waals surface area contributed by atoms with Gasteiger partial charge >= 0.3 is 5.97 Å². The average Bonchev–Trinajstić information content (AvgIpc) is 2.96. The molecule has 1 aliphatic rings. The van der Waals surface area contributed by atoms with Gasteiger partial charge in [-0.2, -0.15) is 0 Å². The molecule has 0 saturated carbocycles. The Bertz CT molecular complexity index is 1050. The second kappa shape index (κ2) is 8.90. The van der Waals surface area contributed by atoms with E-state index in [9.17, 15) is 9.59 Å². The lowest BCUT2D eigenvalue weighted by molar-refractivity contribution is -0.122. The van der Waals surface area contributed by atoms with Gasteiger partial charge in [-0.25, -0.2) is 9.79 Å². The molecule has 1 saturated heterocycles. The molecule has 1 heterocycles. The third kappa shape index (κ3) is 4.58. The van der Waals surface area contributed by atoms with E-state index in [0.717, 1.165) is 0 Å². The third-order valence-corrected chi connectivity index (χ3v) is 5.56. The standard InChI is InChI=1S/C20H16Cl2N2O4S/c1-3-24-18(25)16(9-12-7-13(21)10-15(22)17(12)28-2)29-20(24)23-14-6-4-5-11(8-14)19(26)27/h4-10H,3H2,1-2H3,(H,26,27)/b16-9-,23-20?. The number of carboxylic acid groups (broad SMARTS) is 1. The summed E-state index contributed by atoms with van der Waals surface area (Å²) in [4.78, 5) is 30.4. The summed E-state index contributed by atoms with van der Waals surface area (Å²) in [6.07, 6.45) is 1.66. The number of carboxylic acids is 1. The molecule has 2 aromatic rings. The first-order chi connectivity index (χ1) is 13.8. The van der Waals surface area contributed by atoms with E-state index in [4.69, 9.17) is 33.0 Å². The molecule has 1 N–H and O–H groups in total. The van der Waals surface area contributed by atoms with Gasteiger partial charge in [0.1, 0.15) is 5.75 Å². The minimum absolute atomic E-state index is 0.123. The first-order valence-corrected chi connectivity index (χ1v) is 10.1. The van der Waals surface area contributed by atoms with Crippen molar-refractivity contribution in [2.24, 2.45) is 4.99 Å². The third-order valence-electron chi connectivity index (χ3n) is 4.05. The Labute approximate surface area is 181 Å². The Kier molecular flexibility index (Phi) is 6.52. The lowest BCUT2D eigenvalue weighted by atomic mass is 10.2. The topological polar surface area (TPSA) is 79.2 Å². The molecule has 0 spiro atoms. The van der Waals surface area contributed by atoms with Crippen molar-refractivity contribution in [2.45, 2.75) is 6.92 Å². The minimum atomic E-state index is -1.04. The molecule has 1 fully saturated rings. The summed E-state index contributed by atoms with van der Waals surface area (Å²) < 4.78 is 5.33. The Morgan fingerprint density at radius 2 is 2.07 bits per heavy atom. The van der Waals surface area contributed by atoms with Crippen LogP contribution < -0.4 is 4.74 Å². The highest BCUT2D eigenvalue weighted by Crippen LogP contribution is 2.38. The molecule has 9 heteroatoms. The number of methoxy groups -OCH3 is 1. The van der Waals surface area contributed by atoms with Crippen LogP contribution in [0.5, 0.6) is 5.75 Å². The van der Waals surface area contributed by atoms with Crippen molar-refractivity contribution in [3.8, 4) is 5.75 Å². The lowest BCUT2D eigenvalue weighted by Gasteiger charge is -2.12. The largest absolute Gasteiger partial charge is 0.495 e. The van der Waals surface area contributed by atoms with Gasteiger partial charge in [-0.3, -0.25) is 9.69 Å². The molecule has 6 nitrogen and oxygen atoms in total. The number of carbonyl (C=O) groups excluding carboxylic acids is 1. The number of amides is 1. The number of likely N-dealkylation sites (N-methyl/N-ethyl adjacent to an activating group) is 1. The van der Waals surface area contributed by atoms with Gasteiger partial charge in [-0.1, -0.05) is 29.3 Å². The second-order valence-corrected chi connectivity index (χ2v) is 7.77. The van der Waals surface area contributed by atoms with Crippen LogP contribution in [0.3, 0.4) is 0 Å². The van der Waals surface area contributed by atoms with Gasteiger partial charge in [0, 0.05) is 17.1 Å². The van der Waals surface area contributed by atoms with E-state index < -0.39 is 5.97 Å². The second-order valence-electron chi connectivity index (χ2n) is 5.92. The van der Waals surface area contributed by atoms with E-state index in [1.807, 2.05) is 6.92 Å². The lowest BCUT2D eigenvalue weighted by Crippen LogP contribution is -2.28. The Hall–Kier alpha value is -2.48. The molecule has 0 bridgehead atoms. The zero-order valence-electron chi connectivity index (χ0n) is 15.5. The maximum absolute atomic E-state index is 12.8. The van der Waals surface area contributed by atoms with Crippen LogP contribution >= 0.6 is 35.0 Å². The number of benzene rings is 2. The van der Waals surface area contributed by atoms with Gasteiger partial charge in [0.25, 0.3) is 5.91 Å². The number of aromatic carboxylic acids is 1. The summed E-state index contributed by atoms with van der Waals surface area (Å²) in [6.45, 7) is 2.25. The molecular weight excluding hydrogens is 435 g/mol. The molecule has 150 valence electrons. The fourth-order valence-electron chi connectivity index (χ4n) is 2.73. The maximum Gasteiger partial charge on any atom is 0.335 e. The van der Waals surface area contributed by atoms with E-state index >= 15 is 0 Å². The van der Waals surface area contributed by atoms with Crippen LogP contribution in [0.2, 0.25) is 10.0 Å². The molecule has 1 amide bonds. The number of thioether (sulfide) groups is 1. The molecule has 0 unspecified atom stereocenters. The van der Waals surface area contributed by atoms with Crippen LogP contribution in [-0.2, 0) is 4.79 Å². The van der Waals surface area contributed by atoms with Crippen LogP contribution in [0.1, 0.15) is 22.8 Å². The van der Waals surface area contributed by atoms with Gasteiger partial charge in [-0.05, 0) is 55.1 Å². The summed E-state index contributed by atoms with van der Waals surface area (Å²) in [7, 11) is 1.49. The molecule has 0 aliphatic carbocycles. The van der Waals surface area contributed by atoms with Crippen LogP contribution in [0.25, 0.3) is 6.08 Å². The molecule has 0 aromatic heterocycles. The zero-order chi connectivity index (χ0) is 21.1. The number of hydrogen-bond acceptors (Lipinski definition) is 5. The Morgan fingerprint density at radius 3 is 2.72 bits per heavy atom. The minimum Gasteiger partial charge on any atom is -0.495 e. The van der Waals surface area contributed by atoms with E-state index in [-0.39, 0.29) is 11.5 Å². The molecule has 2 aromatic carbocycles. The van der Waals surface area contributed by atoms with E-state index in [2.05, 4.69) is 4.99 Å². The van der Waals surface area contributed by atoms with Crippen LogP contribution in [0, 0.1) is 0 Å². The molecule has 29 heavy (non-hydrogen) atoms. The fourth-order valence-corrected chi connectivity index (χ4v) is 4.37. The number of halogens is 2. The number of aliphatic imine (C=N–C) groups is 1. The molecule has 0 atom stereocenters. The van der Waals surface area contributed by atoms with Crippen LogP contribution in [0.15, 0.2) is 46.3 Å². The number of rotatable bonds is 5. The molecular formula is C20H16Cl2N2O4S. The van der Waals surface area contributed by atoms with Crippen molar-refractivity contribution < 1.29 is 19.4 Å². The van der Waals surface area contributed by atoms with Crippen molar-refractivity contribution >= 4 is 63.8 Å². The first kappa shape index (κ1) is 21.2. The van der Waals surface area contributed by atoms with Gasteiger partial charge < -0.3 is 9.84 Å². The van der Waals surface area contributed by atoms with Crippen molar-refractivity contribution in [3.63, 3.8) is 0 Å². The zero-order valence-corrected chi connectivity index (χ0v) is 17.8. The highest BCUT2D eigenvalue weighted by molar-refractivity contribution is 8.18. The molecule has 3 rings (SSSR count). The summed E-state index contributed by atoms with van der Waals surface area (Å²) in [6, 6.07) is 9.45. The maximum atomic E-state index is 12.8. The summed E-state index contributed by atoms with van der Waals surface area (Å²) in [5, 5.41) is 10.4. The normalized spacial score (nSPS) is 16.7. The van der Waals surface area contributed by atoms with E-state index in [1.54, 1.807) is 30.3 Å². The highest BCUT2D eigenvalue weighted by Gasteiger charge is 2.32. The van der Waals surface area contributed by atoms with Crippen molar-refractivity contribution in [3.05, 3.63) is 62.5 Å². The quantitative estimate of drug-likeness (QED) is 0.623. The fraction of sp³-hybridized carbons (Fsp3) is 0.150. The number of nitrogens with zero attached hydrogens (tertiary/aromatic N) is 2. The average molecular weight is 451 g/mol.